The predicted molar refractivity (Wildman–Crippen MR) is 92.0 cm³/mol. The number of rotatable bonds is 6. The standard InChI is InChI=1S/C13H13N3O6S3/c1-6(11(18)16-12-8(10(14)17)2-3-23-12)22-13(19)7-4-9(24-5-7)25(15,20)21/h2-6H,1H3,(H2,14,17)(H,16,18)(H2,15,20,21). The summed E-state index contributed by atoms with van der Waals surface area (Å²) < 4.78 is 27.2. The van der Waals surface area contributed by atoms with Crippen LogP contribution in [-0.2, 0) is 19.6 Å². The molecule has 2 aromatic rings. The van der Waals surface area contributed by atoms with Crippen molar-refractivity contribution in [2.45, 2.75) is 17.2 Å². The zero-order valence-corrected chi connectivity index (χ0v) is 15.2. The summed E-state index contributed by atoms with van der Waals surface area (Å²) in [7, 11) is -3.92. The molecule has 2 aromatic heterocycles. The minimum absolute atomic E-state index is 0.0392. The average molecular weight is 403 g/mol. The lowest BCUT2D eigenvalue weighted by atomic mass is 10.3. The van der Waals surface area contributed by atoms with E-state index in [2.05, 4.69) is 5.32 Å². The quantitative estimate of drug-likeness (QED) is 0.603. The molecule has 134 valence electrons. The molecule has 1 atom stereocenters. The number of hydrogen-bond acceptors (Lipinski definition) is 8. The third kappa shape index (κ3) is 4.63. The molecule has 2 rings (SSSR count). The number of sulfonamides is 1. The topological polar surface area (TPSA) is 159 Å². The molecule has 9 nitrogen and oxygen atoms in total. The molecule has 0 bridgehead atoms. The summed E-state index contributed by atoms with van der Waals surface area (Å²) in [4.78, 5) is 35.3. The maximum absolute atomic E-state index is 12.1. The van der Waals surface area contributed by atoms with Crippen molar-refractivity contribution in [3.63, 3.8) is 0 Å². The number of esters is 1. The van der Waals surface area contributed by atoms with Crippen LogP contribution >= 0.6 is 22.7 Å². The third-order valence-corrected chi connectivity index (χ3v) is 6.13. The van der Waals surface area contributed by atoms with E-state index in [1.165, 1.54) is 18.4 Å². The minimum Gasteiger partial charge on any atom is -0.449 e. The number of nitrogens with two attached hydrogens (primary N) is 2. The van der Waals surface area contributed by atoms with Crippen molar-refractivity contribution >= 4 is 55.5 Å². The van der Waals surface area contributed by atoms with Crippen LogP contribution in [0.2, 0.25) is 0 Å². The highest BCUT2D eigenvalue weighted by Gasteiger charge is 2.23. The Bertz CT molecular complexity index is 930. The Labute approximate surface area is 150 Å². The summed E-state index contributed by atoms with van der Waals surface area (Å²) in [6, 6.07) is 2.52. The van der Waals surface area contributed by atoms with Gasteiger partial charge in [-0.3, -0.25) is 9.59 Å². The second-order valence-electron chi connectivity index (χ2n) is 4.76. The number of carbonyl (C=O) groups excluding carboxylic acids is 3. The molecule has 0 radical (unpaired) electrons. The van der Waals surface area contributed by atoms with Gasteiger partial charge in [-0.2, -0.15) is 0 Å². The number of hydrogen-bond donors (Lipinski definition) is 3. The Hall–Kier alpha value is -2.28. The monoisotopic (exact) mass is 403 g/mol. The molecule has 0 fully saturated rings. The number of anilines is 1. The van der Waals surface area contributed by atoms with E-state index in [0.29, 0.717) is 0 Å². The van der Waals surface area contributed by atoms with Crippen molar-refractivity contribution in [2.24, 2.45) is 10.9 Å². The summed E-state index contributed by atoms with van der Waals surface area (Å²) in [5.41, 5.74) is 5.28. The summed E-state index contributed by atoms with van der Waals surface area (Å²) in [6.45, 7) is 1.33. The van der Waals surface area contributed by atoms with Crippen molar-refractivity contribution in [1.82, 2.24) is 0 Å². The molecule has 0 aliphatic heterocycles. The first-order valence-corrected chi connectivity index (χ1v) is 9.90. The zero-order chi connectivity index (χ0) is 18.8. The van der Waals surface area contributed by atoms with E-state index in [9.17, 15) is 22.8 Å². The van der Waals surface area contributed by atoms with Crippen LogP contribution in [0.15, 0.2) is 27.1 Å². The Morgan fingerprint density at radius 3 is 2.52 bits per heavy atom. The van der Waals surface area contributed by atoms with Crippen molar-refractivity contribution < 1.29 is 27.5 Å². The van der Waals surface area contributed by atoms with Crippen LogP contribution in [-0.4, -0.2) is 32.3 Å². The largest absolute Gasteiger partial charge is 0.449 e. The highest BCUT2D eigenvalue weighted by Crippen LogP contribution is 2.23. The SMILES string of the molecule is CC(OC(=O)c1csc(S(N)(=O)=O)c1)C(=O)Nc1sccc1C(N)=O. The van der Waals surface area contributed by atoms with E-state index in [4.69, 9.17) is 15.6 Å². The van der Waals surface area contributed by atoms with Gasteiger partial charge in [-0.05, 0) is 24.4 Å². The fourth-order valence-corrected chi connectivity index (χ4v) is 4.04. The lowest BCUT2D eigenvalue weighted by Gasteiger charge is -2.12. The van der Waals surface area contributed by atoms with Crippen LogP contribution in [0.5, 0.6) is 0 Å². The summed E-state index contributed by atoms with van der Waals surface area (Å²) in [5.74, 6) is -2.25. The molecule has 1 unspecified atom stereocenters. The van der Waals surface area contributed by atoms with E-state index >= 15 is 0 Å². The molecule has 0 aliphatic rings. The van der Waals surface area contributed by atoms with Crippen molar-refractivity contribution in [3.8, 4) is 0 Å². The van der Waals surface area contributed by atoms with Gasteiger partial charge in [0.25, 0.3) is 11.8 Å². The van der Waals surface area contributed by atoms with Crippen LogP contribution in [0.4, 0.5) is 5.00 Å². The van der Waals surface area contributed by atoms with E-state index in [0.717, 1.165) is 28.7 Å². The Kier molecular flexibility index (Phi) is 5.57. The predicted octanol–water partition coefficient (Wildman–Crippen LogP) is 0.740. The molecule has 0 saturated heterocycles. The first-order valence-electron chi connectivity index (χ1n) is 6.60. The molecule has 0 aliphatic carbocycles. The fourth-order valence-electron chi connectivity index (χ4n) is 1.67. The number of primary sulfonamides is 1. The highest BCUT2D eigenvalue weighted by molar-refractivity contribution is 7.91. The normalized spacial score (nSPS) is 12.4. The van der Waals surface area contributed by atoms with Crippen molar-refractivity contribution in [1.29, 1.82) is 0 Å². The van der Waals surface area contributed by atoms with Gasteiger partial charge in [0, 0.05) is 5.38 Å². The Morgan fingerprint density at radius 1 is 1.28 bits per heavy atom. The van der Waals surface area contributed by atoms with Gasteiger partial charge in [0.2, 0.25) is 10.0 Å². The number of thiophene rings is 2. The van der Waals surface area contributed by atoms with Gasteiger partial charge in [0.15, 0.2) is 6.10 Å². The molecule has 2 amide bonds. The van der Waals surface area contributed by atoms with E-state index < -0.39 is 33.9 Å². The second kappa shape index (κ2) is 7.31. The maximum atomic E-state index is 12.1. The van der Waals surface area contributed by atoms with E-state index in [-0.39, 0.29) is 20.3 Å². The minimum atomic E-state index is -3.92. The molecular formula is C13H13N3O6S3. The summed E-state index contributed by atoms with van der Waals surface area (Å²) in [6.07, 6.45) is -1.19. The molecular weight excluding hydrogens is 390 g/mol. The van der Waals surface area contributed by atoms with Crippen LogP contribution in [0.25, 0.3) is 0 Å². The highest BCUT2D eigenvalue weighted by atomic mass is 32.2. The molecule has 0 aromatic carbocycles. The van der Waals surface area contributed by atoms with Gasteiger partial charge in [-0.1, -0.05) is 0 Å². The summed E-state index contributed by atoms with van der Waals surface area (Å²) in [5, 5.41) is 10.5. The first-order chi connectivity index (χ1) is 11.6. The third-order valence-electron chi connectivity index (χ3n) is 2.91. The smallest absolute Gasteiger partial charge is 0.339 e. The number of amides is 2. The maximum Gasteiger partial charge on any atom is 0.339 e. The number of carbonyl (C=O) groups is 3. The second-order valence-corrected chi connectivity index (χ2v) is 8.38. The molecule has 5 N–H and O–H groups in total. The number of ether oxygens (including phenoxy) is 1. The van der Waals surface area contributed by atoms with Gasteiger partial charge < -0.3 is 15.8 Å². The fraction of sp³-hybridized carbons (Fsp3) is 0.154. The van der Waals surface area contributed by atoms with Crippen molar-refractivity contribution in [3.05, 3.63) is 34.0 Å². The van der Waals surface area contributed by atoms with E-state index in [1.807, 2.05) is 0 Å². The van der Waals surface area contributed by atoms with Gasteiger partial charge in [0.1, 0.15) is 9.21 Å². The lowest BCUT2D eigenvalue weighted by molar-refractivity contribution is -0.123. The molecule has 25 heavy (non-hydrogen) atoms. The van der Waals surface area contributed by atoms with Gasteiger partial charge in [-0.25, -0.2) is 18.4 Å². The number of primary amides is 1. The first kappa shape index (κ1) is 19.1. The molecule has 0 spiro atoms. The molecule has 12 heteroatoms. The average Bonchev–Trinajstić information content (AvgIpc) is 3.15. The van der Waals surface area contributed by atoms with Gasteiger partial charge in [-0.15, -0.1) is 22.7 Å². The lowest BCUT2D eigenvalue weighted by Crippen LogP contribution is -2.30. The van der Waals surface area contributed by atoms with E-state index in [1.54, 1.807) is 5.38 Å². The molecule has 0 saturated carbocycles. The van der Waals surface area contributed by atoms with Crippen LogP contribution in [0, 0.1) is 0 Å². The molecule has 2 heterocycles. The summed E-state index contributed by atoms with van der Waals surface area (Å²) >= 11 is 1.86. The van der Waals surface area contributed by atoms with Gasteiger partial charge in [0.05, 0.1) is 11.1 Å². The van der Waals surface area contributed by atoms with Crippen LogP contribution < -0.4 is 16.2 Å². The van der Waals surface area contributed by atoms with Crippen LogP contribution in [0.3, 0.4) is 0 Å². The Balaban J connectivity index is 2.03. The van der Waals surface area contributed by atoms with Crippen molar-refractivity contribution in [2.75, 3.05) is 5.32 Å². The zero-order valence-electron chi connectivity index (χ0n) is 12.7. The van der Waals surface area contributed by atoms with Gasteiger partial charge >= 0.3 is 5.97 Å². The Morgan fingerprint density at radius 2 is 1.96 bits per heavy atom. The van der Waals surface area contributed by atoms with Crippen LogP contribution in [0.1, 0.15) is 27.6 Å². The number of nitrogens with one attached hydrogen (secondary N) is 1.